The molecule has 0 radical (unpaired) electrons. The Morgan fingerprint density at radius 3 is 2.58 bits per heavy atom. The summed E-state index contributed by atoms with van der Waals surface area (Å²) in [5.74, 6) is -0.00131. The van der Waals surface area contributed by atoms with Crippen LogP contribution in [0.15, 0.2) is 33.6 Å². The topological polar surface area (TPSA) is 49.3 Å². The van der Waals surface area contributed by atoms with Crippen LogP contribution in [0.25, 0.3) is 0 Å². The van der Waals surface area contributed by atoms with Gasteiger partial charge in [-0.15, -0.1) is 11.8 Å². The molecule has 3 nitrogen and oxygen atoms in total. The van der Waals surface area contributed by atoms with E-state index in [1.807, 2.05) is 31.2 Å². The maximum absolute atomic E-state index is 11.3. The highest BCUT2D eigenvalue weighted by molar-refractivity contribution is 9.10. The molecular formula is C14H20BrNO2S. The van der Waals surface area contributed by atoms with Gasteiger partial charge in [-0.2, -0.15) is 0 Å². The van der Waals surface area contributed by atoms with Gasteiger partial charge in [-0.3, -0.25) is 4.79 Å². The van der Waals surface area contributed by atoms with Crippen molar-refractivity contribution in [2.75, 3.05) is 12.3 Å². The zero-order chi connectivity index (χ0) is 14.3. The Bertz CT molecular complexity index is 410. The molecule has 0 aliphatic rings. The standard InChI is InChI=1S/C14H20BrNO2S/c1-3-9-16-14(2,13(17)18)8-10-19-12-6-4-11(15)5-7-12/h4-7,16H,3,8-10H2,1-2H3,(H,17,18). The van der Waals surface area contributed by atoms with Crippen LogP contribution in [0.3, 0.4) is 0 Å². The minimum absolute atomic E-state index is 0.600. The highest BCUT2D eigenvalue weighted by Gasteiger charge is 2.31. The lowest BCUT2D eigenvalue weighted by atomic mass is 9.99. The summed E-state index contributed by atoms with van der Waals surface area (Å²) >= 11 is 5.08. The van der Waals surface area contributed by atoms with Gasteiger partial charge in [0.1, 0.15) is 5.54 Å². The van der Waals surface area contributed by atoms with E-state index in [4.69, 9.17) is 0 Å². The fraction of sp³-hybridized carbons (Fsp3) is 0.500. The fourth-order valence-corrected chi connectivity index (χ4v) is 2.91. The number of carboxylic acids is 1. The van der Waals surface area contributed by atoms with E-state index >= 15 is 0 Å². The predicted octanol–water partition coefficient (Wildman–Crippen LogP) is 3.77. The van der Waals surface area contributed by atoms with Crippen LogP contribution in [0.2, 0.25) is 0 Å². The number of aliphatic carboxylic acids is 1. The Labute approximate surface area is 127 Å². The number of nitrogens with one attached hydrogen (secondary N) is 1. The summed E-state index contributed by atoms with van der Waals surface area (Å²) in [6, 6.07) is 8.06. The van der Waals surface area contributed by atoms with E-state index in [0.29, 0.717) is 6.42 Å². The van der Waals surface area contributed by atoms with Gasteiger partial charge in [-0.1, -0.05) is 22.9 Å². The second-order valence-electron chi connectivity index (χ2n) is 4.62. The quantitative estimate of drug-likeness (QED) is 0.704. The molecule has 1 aromatic rings. The molecule has 2 N–H and O–H groups in total. The van der Waals surface area contributed by atoms with Crippen molar-refractivity contribution >= 4 is 33.7 Å². The van der Waals surface area contributed by atoms with Crippen molar-refractivity contribution in [2.45, 2.75) is 37.1 Å². The summed E-state index contributed by atoms with van der Waals surface area (Å²) in [6.45, 7) is 4.52. The van der Waals surface area contributed by atoms with Crippen molar-refractivity contribution in [3.8, 4) is 0 Å². The second kappa shape index (κ2) is 7.92. The molecule has 5 heteroatoms. The number of hydrogen-bond donors (Lipinski definition) is 2. The zero-order valence-electron chi connectivity index (χ0n) is 11.3. The highest BCUT2D eigenvalue weighted by Crippen LogP contribution is 2.23. The van der Waals surface area contributed by atoms with E-state index in [2.05, 4.69) is 21.2 Å². The van der Waals surface area contributed by atoms with Crippen molar-refractivity contribution in [2.24, 2.45) is 0 Å². The summed E-state index contributed by atoms with van der Waals surface area (Å²) < 4.78 is 1.05. The molecule has 1 aromatic carbocycles. The van der Waals surface area contributed by atoms with Crippen molar-refractivity contribution < 1.29 is 9.90 Å². The molecule has 0 saturated heterocycles. The molecule has 0 aromatic heterocycles. The Kier molecular flexibility index (Phi) is 6.89. The number of carboxylic acid groups (broad SMARTS) is 1. The van der Waals surface area contributed by atoms with Crippen LogP contribution in [0, 0.1) is 0 Å². The predicted molar refractivity (Wildman–Crippen MR) is 83.8 cm³/mol. The second-order valence-corrected chi connectivity index (χ2v) is 6.70. The average molecular weight is 346 g/mol. The number of thioether (sulfide) groups is 1. The van der Waals surface area contributed by atoms with Crippen LogP contribution in [-0.4, -0.2) is 28.9 Å². The molecule has 1 atom stereocenters. The van der Waals surface area contributed by atoms with Gasteiger partial charge >= 0.3 is 5.97 Å². The van der Waals surface area contributed by atoms with Crippen LogP contribution in [-0.2, 0) is 4.79 Å². The molecule has 0 fully saturated rings. The van der Waals surface area contributed by atoms with E-state index in [-0.39, 0.29) is 0 Å². The van der Waals surface area contributed by atoms with Crippen LogP contribution in [0.5, 0.6) is 0 Å². The molecule has 1 rings (SSSR count). The Morgan fingerprint density at radius 2 is 2.05 bits per heavy atom. The maximum Gasteiger partial charge on any atom is 0.323 e. The smallest absolute Gasteiger partial charge is 0.323 e. The summed E-state index contributed by atoms with van der Waals surface area (Å²) in [5, 5.41) is 12.4. The molecular weight excluding hydrogens is 326 g/mol. The van der Waals surface area contributed by atoms with Crippen LogP contribution in [0.1, 0.15) is 26.7 Å². The molecule has 1 unspecified atom stereocenters. The summed E-state index contributed by atoms with van der Waals surface area (Å²) in [5.41, 5.74) is -0.835. The molecule has 0 heterocycles. The van der Waals surface area contributed by atoms with Crippen molar-refractivity contribution in [1.82, 2.24) is 5.32 Å². The molecule has 0 aliphatic heterocycles. The molecule has 0 saturated carbocycles. The molecule has 0 aliphatic carbocycles. The van der Waals surface area contributed by atoms with E-state index < -0.39 is 11.5 Å². The number of hydrogen-bond acceptors (Lipinski definition) is 3. The molecule has 106 valence electrons. The third-order valence-corrected chi connectivity index (χ3v) is 4.46. The Balaban J connectivity index is 2.48. The van der Waals surface area contributed by atoms with Crippen molar-refractivity contribution in [3.05, 3.63) is 28.7 Å². The van der Waals surface area contributed by atoms with Crippen LogP contribution in [0.4, 0.5) is 0 Å². The SMILES string of the molecule is CCCNC(C)(CCSc1ccc(Br)cc1)C(=O)O. The molecule has 19 heavy (non-hydrogen) atoms. The van der Waals surface area contributed by atoms with Gasteiger partial charge in [-0.25, -0.2) is 0 Å². The molecule has 0 spiro atoms. The van der Waals surface area contributed by atoms with Crippen LogP contribution < -0.4 is 5.32 Å². The Hall–Kier alpha value is -0.520. The number of rotatable bonds is 8. The third-order valence-electron chi connectivity index (χ3n) is 2.92. The summed E-state index contributed by atoms with van der Waals surface area (Å²) in [6.07, 6.45) is 1.53. The average Bonchev–Trinajstić information content (AvgIpc) is 2.38. The van der Waals surface area contributed by atoms with Gasteiger partial charge < -0.3 is 10.4 Å². The lowest BCUT2D eigenvalue weighted by Gasteiger charge is -2.26. The van der Waals surface area contributed by atoms with Crippen molar-refractivity contribution in [1.29, 1.82) is 0 Å². The monoisotopic (exact) mass is 345 g/mol. The normalized spacial score (nSPS) is 14.1. The van der Waals surface area contributed by atoms with Gasteiger partial charge in [0, 0.05) is 15.1 Å². The fourth-order valence-electron chi connectivity index (χ4n) is 1.58. The van der Waals surface area contributed by atoms with E-state index in [1.165, 1.54) is 0 Å². The zero-order valence-corrected chi connectivity index (χ0v) is 13.7. The maximum atomic E-state index is 11.3. The first-order chi connectivity index (χ1) is 8.98. The van der Waals surface area contributed by atoms with Gasteiger partial charge in [0.15, 0.2) is 0 Å². The van der Waals surface area contributed by atoms with Crippen molar-refractivity contribution in [3.63, 3.8) is 0 Å². The summed E-state index contributed by atoms with van der Waals surface area (Å²) in [7, 11) is 0. The lowest BCUT2D eigenvalue weighted by molar-refractivity contribution is -0.144. The summed E-state index contributed by atoms with van der Waals surface area (Å²) in [4.78, 5) is 12.5. The van der Waals surface area contributed by atoms with E-state index in [1.54, 1.807) is 18.7 Å². The van der Waals surface area contributed by atoms with Gasteiger partial charge in [0.05, 0.1) is 0 Å². The van der Waals surface area contributed by atoms with E-state index in [9.17, 15) is 9.90 Å². The first-order valence-corrected chi connectivity index (χ1v) is 8.12. The van der Waals surface area contributed by atoms with Gasteiger partial charge in [-0.05, 0) is 50.6 Å². The first-order valence-electron chi connectivity index (χ1n) is 6.35. The minimum atomic E-state index is -0.835. The van der Waals surface area contributed by atoms with Crippen LogP contribution >= 0.6 is 27.7 Å². The highest BCUT2D eigenvalue weighted by atomic mass is 79.9. The third kappa shape index (κ3) is 5.55. The lowest BCUT2D eigenvalue weighted by Crippen LogP contribution is -2.50. The van der Waals surface area contributed by atoms with Gasteiger partial charge in [0.25, 0.3) is 0 Å². The number of halogens is 1. The first kappa shape index (κ1) is 16.5. The Morgan fingerprint density at radius 1 is 1.42 bits per heavy atom. The number of carbonyl (C=O) groups is 1. The minimum Gasteiger partial charge on any atom is -0.480 e. The van der Waals surface area contributed by atoms with Gasteiger partial charge in [0.2, 0.25) is 0 Å². The van der Waals surface area contributed by atoms with E-state index in [0.717, 1.165) is 28.1 Å². The molecule has 0 bridgehead atoms. The largest absolute Gasteiger partial charge is 0.480 e. The number of benzene rings is 1. The molecule has 0 amide bonds.